The minimum absolute atomic E-state index is 0.179. The third kappa shape index (κ3) is 3.52. The molecule has 2 aromatic rings. The number of nitrogens with zero attached hydrogens (tertiary/aromatic N) is 1. The van der Waals surface area contributed by atoms with Crippen LogP contribution in [-0.2, 0) is 14.6 Å². The molecule has 0 bridgehead atoms. The average molecular weight is 362 g/mol. The zero-order chi connectivity index (χ0) is 17.2. The summed E-state index contributed by atoms with van der Waals surface area (Å²) in [6, 6.07) is 15.6. The van der Waals surface area contributed by atoms with E-state index in [9.17, 15) is 13.2 Å². The SMILES string of the molecule is O=C(/C=C/c1ccccc1)N1CC(S(=O)(=O)c2ccc(Cl)cc2)C1. The van der Waals surface area contributed by atoms with Gasteiger partial charge in [0.2, 0.25) is 5.91 Å². The van der Waals surface area contributed by atoms with Gasteiger partial charge in [-0.25, -0.2) is 8.42 Å². The van der Waals surface area contributed by atoms with Crippen molar-refractivity contribution in [3.63, 3.8) is 0 Å². The standard InChI is InChI=1S/C18H16ClNO3S/c19-15-7-9-16(10-8-15)24(22,23)17-12-20(13-17)18(21)11-6-14-4-2-1-3-5-14/h1-11,17H,12-13H2/b11-6+. The molecular weight excluding hydrogens is 346 g/mol. The minimum Gasteiger partial charge on any atom is -0.336 e. The number of rotatable bonds is 4. The Morgan fingerprint density at radius 2 is 1.67 bits per heavy atom. The largest absolute Gasteiger partial charge is 0.336 e. The van der Waals surface area contributed by atoms with E-state index in [2.05, 4.69) is 0 Å². The summed E-state index contributed by atoms with van der Waals surface area (Å²) in [5.41, 5.74) is 0.928. The Kier molecular flexibility index (Phi) is 4.73. The maximum absolute atomic E-state index is 12.5. The van der Waals surface area contributed by atoms with Gasteiger partial charge in [-0.3, -0.25) is 4.79 Å². The molecule has 0 aliphatic carbocycles. The lowest BCUT2D eigenvalue weighted by atomic mass is 10.2. The van der Waals surface area contributed by atoms with Crippen molar-refractivity contribution in [2.45, 2.75) is 10.1 Å². The molecule has 0 saturated carbocycles. The van der Waals surface area contributed by atoms with Gasteiger partial charge in [-0.1, -0.05) is 41.9 Å². The third-order valence-electron chi connectivity index (χ3n) is 3.96. The van der Waals surface area contributed by atoms with E-state index in [1.165, 1.54) is 23.1 Å². The number of halogens is 1. The molecule has 4 nitrogen and oxygen atoms in total. The summed E-state index contributed by atoms with van der Waals surface area (Å²) >= 11 is 5.78. The average Bonchev–Trinajstić information content (AvgIpc) is 2.52. The molecule has 6 heteroatoms. The third-order valence-corrected chi connectivity index (χ3v) is 6.32. The Labute approximate surface area is 146 Å². The van der Waals surface area contributed by atoms with E-state index >= 15 is 0 Å². The van der Waals surface area contributed by atoms with Gasteiger partial charge in [0.1, 0.15) is 5.25 Å². The van der Waals surface area contributed by atoms with Crippen molar-refractivity contribution in [3.8, 4) is 0 Å². The van der Waals surface area contributed by atoms with E-state index in [0.717, 1.165) is 5.56 Å². The first kappa shape index (κ1) is 16.7. The van der Waals surface area contributed by atoms with Gasteiger partial charge < -0.3 is 4.90 Å². The van der Waals surface area contributed by atoms with Crippen LogP contribution in [0.2, 0.25) is 5.02 Å². The smallest absolute Gasteiger partial charge is 0.246 e. The topological polar surface area (TPSA) is 54.5 Å². The predicted octanol–water partition coefficient (Wildman–Crippen LogP) is 3.04. The normalized spacial score (nSPS) is 15.5. The van der Waals surface area contributed by atoms with Gasteiger partial charge in [-0.05, 0) is 35.9 Å². The first-order valence-corrected chi connectivity index (χ1v) is 9.41. The van der Waals surface area contributed by atoms with Crippen LogP contribution in [-0.4, -0.2) is 37.6 Å². The van der Waals surface area contributed by atoms with Gasteiger partial charge in [0.15, 0.2) is 9.84 Å². The molecule has 0 N–H and O–H groups in total. The van der Waals surface area contributed by atoms with E-state index in [0.29, 0.717) is 5.02 Å². The number of likely N-dealkylation sites (tertiary alicyclic amines) is 1. The highest BCUT2D eigenvalue weighted by Gasteiger charge is 2.39. The molecule has 1 aliphatic heterocycles. The quantitative estimate of drug-likeness (QED) is 0.786. The van der Waals surface area contributed by atoms with Gasteiger partial charge in [0.25, 0.3) is 0 Å². The molecule has 1 amide bonds. The number of benzene rings is 2. The summed E-state index contributed by atoms with van der Waals surface area (Å²) in [4.78, 5) is 13.8. The summed E-state index contributed by atoms with van der Waals surface area (Å²) in [7, 11) is -3.43. The first-order chi connectivity index (χ1) is 11.5. The molecule has 0 atom stereocenters. The molecule has 1 fully saturated rings. The van der Waals surface area contributed by atoms with Crippen LogP contribution in [0.1, 0.15) is 5.56 Å². The van der Waals surface area contributed by atoms with E-state index in [4.69, 9.17) is 11.6 Å². The van der Waals surface area contributed by atoms with Crippen molar-refractivity contribution in [2.75, 3.05) is 13.1 Å². The summed E-state index contributed by atoms with van der Waals surface area (Å²) in [5, 5.41) is -0.0711. The fourth-order valence-corrected chi connectivity index (χ4v) is 4.25. The van der Waals surface area contributed by atoms with E-state index < -0.39 is 15.1 Å². The molecule has 124 valence electrons. The molecule has 0 aromatic heterocycles. The van der Waals surface area contributed by atoms with Crippen LogP contribution < -0.4 is 0 Å². The second kappa shape index (κ2) is 6.79. The van der Waals surface area contributed by atoms with Gasteiger partial charge in [0, 0.05) is 24.2 Å². The summed E-state index contributed by atoms with van der Waals surface area (Å²) in [6.07, 6.45) is 3.20. The van der Waals surface area contributed by atoms with Crippen LogP contribution in [0.3, 0.4) is 0 Å². The Morgan fingerprint density at radius 1 is 1.04 bits per heavy atom. The lowest BCUT2D eigenvalue weighted by molar-refractivity contribution is -0.128. The van der Waals surface area contributed by atoms with Gasteiger partial charge in [-0.2, -0.15) is 0 Å². The van der Waals surface area contributed by atoms with Crippen LogP contribution in [0.25, 0.3) is 6.08 Å². The van der Waals surface area contributed by atoms with Crippen LogP contribution in [0.4, 0.5) is 0 Å². The molecule has 0 spiro atoms. The molecular formula is C18H16ClNO3S. The summed E-state index contributed by atoms with van der Waals surface area (Å²) in [6.45, 7) is 0.422. The van der Waals surface area contributed by atoms with Crippen molar-refractivity contribution in [1.82, 2.24) is 4.90 Å². The lowest BCUT2D eigenvalue weighted by Gasteiger charge is -2.38. The monoisotopic (exact) mass is 361 g/mol. The zero-order valence-corrected chi connectivity index (χ0v) is 14.4. The number of carbonyl (C=O) groups excluding carboxylic acids is 1. The van der Waals surface area contributed by atoms with Crippen molar-refractivity contribution in [2.24, 2.45) is 0 Å². The summed E-state index contributed by atoms with van der Waals surface area (Å²) < 4.78 is 24.9. The van der Waals surface area contributed by atoms with Crippen molar-refractivity contribution < 1.29 is 13.2 Å². The highest BCUT2D eigenvalue weighted by atomic mass is 35.5. The number of sulfone groups is 1. The van der Waals surface area contributed by atoms with E-state index in [-0.39, 0.29) is 23.9 Å². The highest BCUT2D eigenvalue weighted by Crippen LogP contribution is 2.25. The Balaban J connectivity index is 1.61. The Morgan fingerprint density at radius 3 is 2.29 bits per heavy atom. The number of carbonyl (C=O) groups is 1. The Hall–Kier alpha value is -2.11. The lowest BCUT2D eigenvalue weighted by Crippen LogP contribution is -2.56. The van der Waals surface area contributed by atoms with Gasteiger partial charge >= 0.3 is 0 Å². The second-order valence-corrected chi connectivity index (χ2v) is 8.27. The predicted molar refractivity (Wildman–Crippen MR) is 94.5 cm³/mol. The van der Waals surface area contributed by atoms with Gasteiger partial charge in [-0.15, -0.1) is 0 Å². The molecule has 1 aliphatic rings. The van der Waals surface area contributed by atoms with Crippen molar-refractivity contribution in [3.05, 3.63) is 71.3 Å². The molecule has 0 radical (unpaired) electrons. The van der Waals surface area contributed by atoms with E-state index in [1.807, 2.05) is 30.3 Å². The number of amides is 1. The van der Waals surface area contributed by atoms with Crippen LogP contribution in [0, 0.1) is 0 Å². The van der Waals surface area contributed by atoms with Gasteiger partial charge in [0.05, 0.1) is 4.90 Å². The first-order valence-electron chi connectivity index (χ1n) is 7.48. The number of hydrogen-bond acceptors (Lipinski definition) is 3. The fourth-order valence-electron chi connectivity index (χ4n) is 2.47. The van der Waals surface area contributed by atoms with Crippen LogP contribution in [0.15, 0.2) is 65.6 Å². The fraction of sp³-hybridized carbons (Fsp3) is 0.167. The maximum atomic E-state index is 12.5. The van der Waals surface area contributed by atoms with Crippen LogP contribution >= 0.6 is 11.6 Å². The molecule has 2 aromatic carbocycles. The molecule has 24 heavy (non-hydrogen) atoms. The number of hydrogen-bond donors (Lipinski definition) is 0. The molecule has 1 saturated heterocycles. The van der Waals surface area contributed by atoms with Crippen molar-refractivity contribution >= 4 is 33.4 Å². The van der Waals surface area contributed by atoms with E-state index in [1.54, 1.807) is 18.2 Å². The second-order valence-electron chi connectivity index (χ2n) is 5.61. The molecule has 0 unspecified atom stereocenters. The molecule has 1 heterocycles. The van der Waals surface area contributed by atoms with Crippen molar-refractivity contribution in [1.29, 1.82) is 0 Å². The van der Waals surface area contributed by atoms with Crippen LogP contribution in [0.5, 0.6) is 0 Å². The highest BCUT2D eigenvalue weighted by molar-refractivity contribution is 7.92. The zero-order valence-electron chi connectivity index (χ0n) is 12.8. The summed E-state index contributed by atoms with van der Waals surface area (Å²) in [5.74, 6) is -0.179. The minimum atomic E-state index is -3.43. The molecule has 3 rings (SSSR count). The Bertz CT molecular complexity index is 855. The maximum Gasteiger partial charge on any atom is 0.246 e.